The topological polar surface area (TPSA) is 57.8 Å². The zero-order valence-corrected chi connectivity index (χ0v) is 9.72. The summed E-state index contributed by atoms with van der Waals surface area (Å²) in [5.41, 5.74) is 4.50. The largest absolute Gasteiger partial charge is 0.352 e. The zero-order valence-electron chi connectivity index (χ0n) is 9.72. The summed E-state index contributed by atoms with van der Waals surface area (Å²) in [6, 6.07) is 2.12. The smallest absolute Gasteiger partial charge is 0.217 e. The molecule has 4 nitrogen and oxygen atoms in total. The molecule has 0 atom stereocenters. The molecule has 0 saturated carbocycles. The summed E-state index contributed by atoms with van der Waals surface area (Å²) >= 11 is 0. The van der Waals surface area contributed by atoms with E-state index in [9.17, 15) is 4.79 Å². The summed E-state index contributed by atoms with van der Waals surface area (Å²) in [7, 11) is 0. The van der Waals surface area contributed by atoms with Crippen LogP contribution < -0.4 is 5.32 Å². The first-order valence-electron chi connectivity index (χ1n) is 5.26. The van der Waals surface area contributed by atoms with Crippen LogP contribution in [0.1, 0.15) is 23.6 Å². The highest BCUT2D eigenvalue weighted by atomic mass is 16.1. The average molecular weight is 217 g/mol. The van der Waals surface area contributed by atoms with E-state index < -0.39 is 0 Å². The number of fused-ring (bicyclic) bond motifs is 1. The lowest BCUT2D eigenvalue weighted by atomic mass is 10.0. The van der Waals surface area contributed by atoms with Gasteiger partial charge in [0.15, 0.2) is 0 Å². The Morgan fingerprint density at radius 2 is 2.19 bits per heavy atom. The Bertz CT molecular complexity index is 542. The molecule has 1 aromatic carbocycles. The van der Waals surface area contributed by atoms with Crippen LogP contribution >= 0.6 is 0 Å². The minimum absolute atomic E-state index is 0.0207. The van der Waals surface area contributed by atoms with Gasteiger partial charge in [-0.2, -0.15) is 5.10 Å². The second-order valence-corrected chi connectivity index (χ2v) is 4.06. The van der Waals surface area contributed by atoms with E-state index in [-0.39, 0.29) is 5.91 Å². The third-order valence-corrected chi connectivity index (χ3v) is 2.79. The van der Waals surface area contributed by atoms with E-state index >= 15 is 0 Å². The van der Waals surface area contributed by atoms with Gasteiger partial charge in [-0.05, 0) is 30.5 Å². The van der Waals surface area contributed by atoms with Crippen LogP contribution in [0, 0.1) is 13.8 Å². The molecule has 16 heavy (non-hydrogen) atoms. The molecular formula is C12H15N3O. The van der Waals surface area contributed by atoms with Gasteiger partial charge in [-0.15, -0.1) is 0 Å². The Morgan fingerprint density at radius 1 is 1.44 bits per heavy atom. The van der Waals surface area contributed by atoms with Gasteiger partial charge < -0.3 is 5.32 Å². The fraction of sp³-hybridized carbons (Fsp3) is 0.333. The summed E-state index contributed by atoms with van der Waals surface area (Å²) in [5, 5.41) is 11.0. The molecule has 2 aromatic rings. The lowest BCUT2D eigenvalue weighted by Gasteiger charge is -2.09. The van der Waals surface area contributed by atoms with Crippen LogP contribution in [0.2, 0.25) is 0 Å². The number of carbonyl (C=O) groups excluding carboxylic acids is 1. The van der Waals surface area contributed by atoms with Crippen molar-refractivity contribution in [2.24, 2.45) is 0 Å². The average Bonchev–Trinajstić information content (AvgIpc) is 2.65. The molecule has 1 heterocycles. The number of rotatable bonds is 2. The maximum Gasteiger partial charge on any atom is 0.217 e. The number of nitrogens with zero attached hydrogens (tertiary/aromatic N) is 1. The van der Waals surface area contributed by atoms with E-state index in [1.54, 1.807) is 0 Å². The van der Waals surface area contributed by atoms with E-state index in [0.717, 1.165) is 16.5 Å². The van der Waals surface area contributed by atoms with Gasteiger partial charge >= 0.3 is 0 Å². The molecule has 0 saturated heterocycles. The highest BCUT2D eigenvalue weighted by Crippen LogP contribution is 2.23. The Labute approximate surface area is 94.0 Å². The van der Waals surface area contributed by atoms with Crippen LogP contribution in [0.15, 0.2) is 12.3 Å². The van der Waals surface area contributed by atoms with Crippen LogP contribution in [0.3, 0.4) is 0 Å². The first-order chi connectivity index (χ1) is 7.59. The van der Waals surface area contributed by atoms with Gasteiger partial charge in [-0.1, -0.05) is 6.07 Å². The third kappa shape index (κ3) is 1.78. The summed E-state index contributed by atoms with van der Waals surface area (Å²) in [6.45, 7) is 6.17. The number of aromatic nitrogens is 2. The number of hydrogen-bond donors (Lipinski definition) is 2. The fourth-order valence-electron chi connectivity index (χ4n) is 1.94. The number of carbonyl (C=O) groups is 1. The maximum absolute atomic E-state index is 10.9. The number of benzene rings is 1. The lowest BCUT2D eigenvalue weighted by molar-refractivity contribution is -0.119. The maximum atomic E-state index is 10.9. The highest BCUT2D eigenvalue weighted by molar-refractivity contribution is 5.86. The van der Waals surface area contributed by atoms with Crippen molar-refractivity contribution in [2.75, 3.05) is 0 Å². The quantitative estimate of drug-likeness (QED) is 0.806. The van der Waals surface area contributed by atoms with Crippen molar-refractivity contribution in [3.63, 3.8) is 0 Å². The van der Waals surface area contributed by atoms with E-state index in [2.05, 4.69) is 28.5 Å². The Balaban J connectivity index is 2.50. The van der Waals surface area contributed by atoms with Crippen LogP contribution in [-0.4, -0.2) is 16.1 Å². The minimum atomic E-state index is -0.0207. The molecule has 0 spiro atoms. The van der Waals surface area contributed by atoms with Crippen molar-refractivity contribution < 1.29 is 4.79 Å². The number of amides is 1. The lowest BCUT2D eigenvalue weighted by Crippen LogP contribution is -2.19. The van der Waals surface area contributed by atoms with Gasteiger partial charge in [0.2, 0.25) is 5.91 Å². The number of aryl methyl sites for hydroxylation is 2. The van der Waals surface area contributed by atoms with Gasteiger partial charge in [-0.3, -0.25) is 9.89 Å². The van der Waals surface area contributed by atoms with Gasteiger partial charge in [0.25, 0.3) is 0 Å². The summed E-state index contributed by atoms with van der Waals surface area (Å²) in [5.74, 6) is -0.0207. The molecule has 0 aliphatic carbocycles. The molecule has 0 radical (unpaired) electrons. The van der Waals surface area contributed by atoms with Gasteiger partial charge in [0.1, 0.15) is 0 Å². The van der Waals surface area contributed by atoms with Gasteiger partial charge in [-0.25, -0.2) is 0 Å². The zero-order chi connectivity index (χ0) is 11.7. The van der Waals surface area contributed by atoms with Gasteiger partial charge in [0.05, 0.1) is 11.7 Å². The second-order valence-electron chi connectivity index (χ2n) is 4.06. The van der Waals surface area contributed by atoms with Crippen molar-refractivity contribution in [3.05, 3.63) is 29.0 Å². The van der Waals surface area contributed by atoms with Crippen LogP contribution in [0.5, 0.6) is 0 Å². The number of nitrogens with one attached hydrogen (secondary N) is 2. The summed E-state index contributed by atoms with van der Waals surface area (Å²) < 4.78 is 0. The van der Waals surface area contributed by atoms with Crippen molar-refractivity contribution in [2.45, 2.75) is 27.3 Å². The SMILES string of the molecule is CC(=O)NCc1c(C)cc(C)c2cn[nH]c12. The van der Waals surface area contributed by atoms with E-state index in [0.29, 0.717) is 6.54 Å². The predicted molar refractivity (Wildman–Crippen MR) is 63.1 cm³/mol. The first-order valence-corrected chi connectivity index (χ1v) is 5.26. The van der Waals surface area contributed by atoms with Gasteiger partial charge in [0, 0.05) is 18.9 Å². The summed E-state index contributed by atoms with van der Waals surface area (Å²) in [4.78, 5) is 10.9. The van der Waals surface area contributed by atoms with Crippen molar-refractivity contribution in [1.29, 1.82) is 0 Å². The molecule has 2 N–H and O–H groups in total. The fourth-order valence-corrected chi connectivity index (χ4v) is 1.94. The molecule has 0 aliphatic rings. The van der Waals surface area contributed by atoms with Crippen LogP contribution in [-0.2, 0) is 11.3 Å². The van der Waals surface area contributed by atoms with E-state index in [1.807, 2.05) is 13.1 Å². The monoisotopic (exact) mass is 217 g/mol. The van der Waals surface area contributed by atoms with Crippen LogP contribution in [0.4, 0.5) is 0 Å². The molecular weight excluding hydrogens is 202 g/mol. The molecule has 0 aliphatic heterocycles. The molecule has 4 heteroatoms. The first kappa shape index (κ1) is 10.7. The number of H-pyrrole nitrogens is 1. The van der Waals surface area contributed by atoms with Crippen molar-refractivity contribution in [3.8, 4) is 0 Å². The second kappa shape index (κ2) is 3.96. The Kier molecular flexibility index (Phi) is 2.64. The molecule has 1 amide bonds. The standard InChI is InChI=1S/C12H15N3O/c1-7-4-8(2)11-6-14-15-12(11)10(7)5-13-9(3)16/h4,6H,5H2,1-3H3,(H,13,16)(H,14,15). The minimum Gasteiger partial charge on any atom is -0.352 e. The Morgan fingerprint density at radius 3 is 2.88 bits per heavy atom. The molecule has 1 aromatic heterocycles. The third-order valence-electron chi connectivity index (χ3n) is 2.79. The van der Waals surface area contributed by atoms with Crippen LogP contribution in [0.25, 0.3) is 10.9 Å². The molecule has 84 valence electrons. The molecule has 0 bridgehead atoms. The van der Waals surface area contributed by atoms with Crippen molar-refractivity contribution in [1.82, 2.24) is 15.5 Å². The Hall–Kier alpha value is -1.84. The number of hydrogen-bond acceptors (Lipinski definition) is 2. The van der Waals surface area contributed by atoms with E-state index in [4.69, 9.17) is 0 Å². The highest BCUT2D eigenvalue weighted by Gasteiger charge is 2.09. The molecule has 0 fully saturated rings. The summed E-state index contributed by atoms with van der Waals surface area (Å²) in [6.07, 6.45) is 1.82. The number of aromatic amines is 1. The predicted octanol–water partition coefficient (Wildman–Crippen LogP) is 1.82. The van der Waals surface area contributed by atoms with E-state index in [1.165, 1.54) is 18.1 Å². The van der Waals surface area contributed by atoms with Crippen molar-refractivity contribution >= 4 is 16.8 Å². The molecule has 0 unspecified atom stereocenters. The normalized spacial score (nSPS) is 10.7. The molecule has 2 rings (SSSR count).